The molecule has 1 aromatic carbocycles. The van der Waals surface area contributed by atoms with E-state index in [1.165, 1.54) is 12.1 Å². The van der Waals surface area contributed by atoms with Crippen molar-refractivity contribution in [3.63, 3.8) is 0 Å². The second-order valence-corrected chi connectivity index (χ2v) is 8.92. The number of hydrogen-bond acceptors (Lipinski definition) is 2. The fraction of sp³-hybridized carbons (Fsp3) is 0.625. The van der Waals surface area contributed by atoms with E-state index in [9.17, 15) is 26.3 Å². The zero-order valence-corrected chi connectivity index (χ0v) is 19.4. The minimum absolute atomic E-state index is 0.102. The summed E-state index contributed by atoms with van der Waals surface area (Å²) in [7, 11) is 0. The second kappa shape index (κ2) is 9.57. The number of alkyl halides is 6. The van der Waals surface area contributed by atoms with Gasteiger partial charge in [-0.3, -0.25) is 0 Å². The predicted molar refractivity (Wildman–Crippen MR) is 115 cm³/mol. The third-order valence-electron chi connectivity index (χ3n) is 6.82. The zero-order valence-electron chi connectivity index (χ0n) is 19.4. The number of benzene rings is 1. The Labute approximate surface area is 185 Å². The monoisotopic (exact) mass is 462 g/mol. The van der Waals surface area contributed by atoms with Crippen LogP contribution in [0.1, 0.15) is 64.8 Å². The number of para-hydroxylation sites is 1. The van der Waals surface area contributed by atoms with Gasteiger partial charge in [-0.2, -0.15) is 26.3 Å². The van der Waals surface area contributed by atoms with Crippen molar-refractivity contribution >= 4 is 10.9 Å². The van der Waals surface area contributed by atoms with E-state index in [0.29, 0.717) is 18.4 Å². The van der Waals surface area contributed by atoms with Crippen molar-refractivity contribution in [2.24, 2.45) is 17.3 Å². The molecule has 1 aliphatic carbocycles. The summed E-state index contributed by atoms with van der Waals surface area (Å²) in [5.74, 6) is 1.05. The van der Waals surface area contributed by atoms with E-state index in [2.05, 4.69) is 31.1 Å². The van der Waals surface area contributed by atoms with E-state index < -0.39 is 29.1 Å². The van der Waals surface area contributed by atoms with Crippen molar-refractivity contribution in [3.05, 3.63) is 41.1 Å². The molecule has 1 N–H and O–H groups in total. The highest BCUT2D eigenvalue weighted by molar-refractivity contribution is 5.86. The summed E-state index contributed by atoms with van der Waals surface area (Å²) in [5.41, 5.74) is -2.72. The van der Waals surface area contributed by atoms with Crippen molar-refractivity contribution in [1.29, 1.82) is 0 Å². The SMILES string of the molecule is CC.CC(NCCc1cc(C(F)(F)F)nc2c(C(F)(F)F)cccc12)C1CC(C)C1(C)C. The molecule has 32 heavy (non-hydrogen) atoms. The molecule has 180 valence electrons. The van der Waals surface area contributed by atoms with Crippen LogP contribution in [-0.4, -0.2) is 17.6 Å². The van der Waals surface area contributed by atoms with E-state index in [0.717, 1.165) is 18.6 Å². The summed E-state index contributed by atoms with van der Waals surface area (Å²) in [6, 6.07) is 4.39. The standard InChI is InChI=1S/C22H26F6N2.C2H6/c1-12-10-17(20(12,3)4)13(2)29-9-8-14-11-18(22(26,27)28)30-19-15(14)6-5-7-16(19)21(23,24)25;1-2/h5-7,11-13,17,29H,8-10H2,1-4H3;1-2H3. The number of aromatic nitrogens is 1. The minimum atomic E-state index is -4.82. The number of pyridine rings is 1. The van der Waals surface area contributed by atoms with Gasteiger partial charge in [-0.25, -0.2) is 4.98 Å². The Morgan fingerprint density at radius 3 is 2.22 bits per heavy atom. The molecule has 3 rings (SSSR count). The first-order valence-corrected chi connectivity index (χ1v) is 11.0. The van der Waals surface area contributed by atoms with Crippen molar-refractivity contribution in [1.82, 2.24) is 10.3 Å². The lowest BCUT2D eigenvalue weighted by atomic mass is 9.53. The van der Waals surface area contributed by atoms with Gasteiger partial charge >= 0.3 is 12.4 Å². The van der Waals surface area contributed by atoms with Crippen molar-refractivity contribution in [2.75, 3.05) is 6.54 Å². The fourth-order valence-electron chi connectivity index (χ4n) is 4.52. The Morgan fingerprint density at radius 2 is 1.72 bits per heavy atom. The van der Waals surface area contributed by atoms with E-state index >= 15 is 0 Å². The molecule has 0 saturated heterocycles. The molecule has 1 aromatic heterocycles. The summed E-state index contributed by atoms with van der Waals surface area (Å²) in [6.07, 6.45) is -8.36. The van der Waals surface area contributed by atoms with Crippen LogP contribution in [0.3, 0.4) is 0 Å². The predicted octanol–water partition coefficient (Wildman–Crippen LogP) is 7.50. The van der Waals surface area contributed by atoms with Crippen LogP contribution in [-0.2, 0) is 18.8 Å². The second-order valence-electron chi connectivity index (χ2n) is 8.92. The van der Waals surface area contributed by atoms with Gasteiger partial charge in [0.05, 0.1) is 11.1 Å². The maximum absolute atomic E-state index is 13.3. The van der Waals surface area contributed by atoms with Gasteiger partial charge in [0.25, 0.3) is 0 Å². The molecule has 2 aromatic rings. The van der Waals surface area contributed by atoms with Gasteiger partial charge in [0, 0.05) is 11.4 Å². The first-order valence-electron chi connectivity index (χ1n) is 11.0. The maximum atomic E-state index is 13.3. The fourth-order valence-corrected chi connectivity index (χ4v) is 4.52. The average Bonchev–Trinajstić information content (AvgIpc) is 2.71. The molecule has 0 bridgehead atoms. The Balaban J connectivity index is 0.00000176. The maximum Gasteiger partial charge on any atom is 0.433 e. The lowest BCUT2D eigenvalue weighted by Crippen LogP contribution is -2.52. The van der Waals surface area contributed by atoms with Gasteiger partial charge in [0.1, 0.15) is 5.69 Å². The van der Waals surface area contributed by atoms with Gasteiger partial charge in [-0.05, 0) is 61.3 Å². The summed E-state index contributed by atoms with van der Waals surface area (Å²) < 4.78 is 79.9. The number of hydrogen-bond donors (Lipinski definition) is 1. The van der Waals surface area contributed by atoms with Gasteiger partial charge in [0.2, 0.25) is 0 Å². The summed E-state index contributed by atoms with van der Waals surface area (Å²) in [6.45, 7) is 13.0. The molecule has 8 heteroatoms. The first kappa shape index (κ1) is 26.4. The van der Waals surface area contributed by atoms with Gasteiger partial charge < -0.3 is 5.32 Å². The molecular weight excluding hydrogens is 430 g/mol. The highest BCUT2D eigenvalue weighted by Crippen LogP contribution is 2.52. The van der Waals surface area contributed by atoms with Crippen molar-refractivity contribution in [2.45, 2.75) is 72.8 Å². The summed E-state index contributed by atoms with van der Waals surface area (Å²) >= 11 is 0. The van der Waals surface area contributed by atoms with Crippen LogP contribution in [0, 0.1) is 17.3 Å². The zero-order chi connectivity index (χ0) is 24.5. The van der Waals surface area contributed by atoms with Crippen molar-refractivity contribution < 1.29 is 26.3 Å². The molecule has 0 spiro atoms. The molecular formula is C24H32F6N2. The molecule has 3 atom stereocenters. The highest BCUT2D eigenvalue weighted by Gasteiger charge is 2.47. The van der Waals surface area contributed by atoms with Crippen LogP contribution in [0.15, 0.2) is 24.3 Å². The molecule has 0 amide bonds. The van der Waals surface area contributed by atoms with E-state index in [1.54, 1.807) is 0 Å². The van der Waals surface area contributed by atoms with Crippen molar-refractivity contribution in [3.8, 4) is 0 Å². The van der Waals surface area contributed by atoms with Crippen LogP contribution >= 0.6 is 0 Å². The quantitative estimate of drug-likeness (QED) is 0.465. The minimum Gasteiger partial charge on any atom is -0.314 e. The van der Waals surface area contributed by atoms with Crippen LogP contribution in [0.2, 0.25) is 0 Å². The molecule has 1 saturated carbocycles. The number of fused-ring (bicyclic) bond motifs is 1. The molecule has 1 aliphatic rings. The first-order chi connectivity index (χ1) is 14.7. The Bertz CT molecular complexity index is 917. The van der Waals surface area contributed by atoms with E-state index in [4.69, 9.17) is 0 Å². The Hall–Kier alpha value is -1.83. The Kier molecular flexibility index (Phi) is 7.91. The molecule has 3 unspecified atom stereocenters. The van der Waals surface area contributed by atoms with Gasteiger partial charge in [-0.15, -0.1) is 0 Å². The van der Waals surface area contributed by atoms with Crippen LogP contribution in [0.25, 0.3) is 10.9 Å². The largest absolute Gasteiger partial charge is 0.433 e. The lowest BCUT2D eigenvalue weighted by molar-refractivity contribution is -0.142. The average molecular weight is 463 g/mol. The van der Waals surface area contributed by atoms with Gasteiger partial charge in [-0.1, -0.05) is 46.8 Å². The molecule has 0 aliphatic heterocycles. The number of nitrogens with zero attached hydrogens (tertiary/aromatic N) is 1. The van der Waals surface area contributed by atoms with Crippen LogP contribution in [0.4, 0.5) is 26.3 Å². The number of halogens is 6. The molecule has 1 fully saturated rings. The van der Waals surface area contributed by atoms with E-state index in [-0.39, 0.29) is 28.8 Å². The van der Waals surface area contributed by atoms with Crippen LogP contribution < -0.4 is 5.32 Å². The lowest BCUT2D eigenvalue weighted by Gasteiger charge is -2.53. The summed E-state index contributed by atoms with van der Waals surface area (Å²) in [4.78, 5) is 3.33. The van der Waals surface area contributed by atoms with Crippen LogP contribution in [0.5, 0.6) is 0 Å². The van der Waals surface area contributed by atoms with E-state index in [1.807, 2.05) is 20.8 Å². The van der Waals surface area contributed by atoms with Gasteiger partial charge in [0.15, 0.2) is 0 Å². The Morgan fingerprint density at radius 1 is 1.09 bits per heavy atom. The highest BCUT2D eigenvalue weighted by atomic mass is 19.4. The molecule has 0 radical (unpaired) electrons. The number of nitrogens with one attached hydrogen (secondary N) is 1. The topological polar surface area (TPSA) is 24.9 Å². The molecule has 2 nitrogen and oxygen atoms in total. The third-order valence-corrected chi connectivity index (χ3v) is 6.82. The number of rotatable bonds is 5. The third kappa shape index (κ3) is 5.38. The molecule has 1 heterocycles. The normalized spacial score (nSPS) is 21.5. The summed E-state index contributed by atoms with van der Waals surface area (Å²) in [5, 5.41) is 3.45. The smallest absolute Gasteiger partial charge is 0.314 e.